The number of esters is 1. The molecule has 3 saturated carbocycles. The normalized spacial score (nSPS) is 37.4. The summed E-state index contributed by atoms with van der Waals surface area (Å²) in [6.45, 7) is 4.06. The fraction of sp³-hybridized carbons (Fsp3) is 0.930. The average molecular weight is 837 g/mol. The summed E-state index contributed by atoms with van der Waals surface area (Å²) >= 11 is 0. The maximum absolute atomic E-state index is 14.1. The highest BCUT2D eigenvalue weighted by Crippen LogP contribution is 2.47. The van der Waals surface area contributed by atoms with Crippen molar-refractivity contribution in [2.45, 2.75) is 196 Å². The van der Waals surface area contributed by atoms with Crippen LogP contribution in [-0.2, 0) is 19.1 Å². The third kappa shape index (κ3) is 13.9. The number of aliphatic hydroxyl groups excluding tert-OH is 2. The molecule has 3 heterocycles. The van der Waals surface area contributed by atoms with Crippen LogP contribution in [0.5, 0.6) is 0 Å². The van der Waals surface area contributed by atoms with Crippen molar-refractivity contribution in [3.63, 3.8) is 0 Å². The molecule has 3 aliphatic carbocycles. The number of carbonyl (C=O) groups excluding carboxylic acids is 2. The molecule has 6 unspecified atom stereocenters. The Kier molecular flexibility index (Phi) is 17.5. The zero-order chi connectivity index (χ0) is 40.3. The molecule has 0 aromatic heterocycles. The lowest BCUT2D eigenvalue weighted by atomic mass is 9.73. The summed E-state index contributed by atoms with van der Waals surface area (Å²) in [6.07, 6.45) is 19.8. The molecule has 5 fully saturated rings. The standard InChI is InChI=1S/C43H76N6O6S2/c1-30(50)54-36-14-13-31-22-33(40(53)37(23-31)55-35-11-5-6-12-35)28-49-29-42(27-39(49)52,26-32-15-19-46-38(44)24-32)18-20-47-41(45)48-43(16-7-8-17-43)57-56-21-9-3-2-4-10-34(51)25-36/h31-38,40,46,51,53H,2-29,44H2,1H3,(H3,45,47,48)/t31?,32?,33?,34-,36-,37?,38?,40?,42+/m0/s1. The Morgan fingerprint density at radius 1 is 0.930 bits per heavy atom. The van der Waals surface area contributed by atoms with Crippen molar-refractivity contribution in [3.05, 3.63) is 0 Å². The van der Waals surface area contributed by atoms with E-state index >= 15 is 0 Å². The van der Waals surface area contributed by atoms with Crippen LogP contribution < -0.4 is 22.1 Å². The summed E-state index contributed by atoms with van der Waals surface area (Å²) in [6, 6.07) is 0. The minimum atomic E-state index is -0.653. The maximum Gasteiger partial charge on any atom is 0.302 e. The molecule has 6 rings (SSSR count). The summed E-state index contributed by atoms with van der Waals surface area (Å²) in [4.78, 5) is 33.2. The zero-order valence-corrected chi connectivity index (χ0v) is 36.5. The number of carbonyl (C=O) groups is 2. The zero-order valence-electron chi connectivity index (χ0n) is 34.9. The Labute approximate surface area is 350 Å². The van der Waals surface area contributed by atoms with Crippen LogP contribution in [-0.4, -0.2) is 106 Å². The number of fused-ring (bicyclic) bond motifs is 4. The number of amides is 1. The summed E-state index contributed by atoms with van der Waals surface area (Å²) in [5, 5.41) is 30.0. The molecule has 0 aromatic carbocycles. The van der Waals surface area contributed by atoms with E-state index in [-0.39, 0.29) is 58.5 Å². The minimum Gasteiger partial charge on any atom is -0.462 e. The number of aliphatic imine (C=N–C) groups is 1. The van der Waals surface area contributed by atoms with E-state index in [2.05, 4.69) is 10.6 Å². The number of nitrogens with zero attached hydrogens (tertiary/aromatic N) is 2. The van der Waals surface area contributed by atoms with Crippen LogP contribution in [0.4, 0.5) is 0 Å². The van der Waals surface area contributed by atoms with Crippen molar-refractivity contribution in [1.29, 1.82) is 0 Å². The summed E-state index contributed by atoms with van der Waals surface area (Å²) in [5.74, 6) is 1.99. The minimum absolute atomic E-state index is 0.0255. The van der Waals surface area contributed by atoms with E-state index in [4.69, 9.17) is 25.9 Å². The molecular weight excluding hydrogens is 761 g/mol. The Morgan fingerprint density at radius 3 is 2.47 bits per heavy atom. The Morgan fingerprint density at radius 2 is 1.70 bits per heavy atom. The molecule has 326 valence electrons. The van der Waals surface area contributed by atoms with E-state index in [1.807, 2.05) is 26.5 Å². The summed E-state index contributed by atoms with van der Waals surface area (Å²) in [7, 11) is 3.84. The Balaban J connectivity index is 1.21. The first-order valence-electron chi connectivity index (χ1n) is 22.8. The number of hydrogen-bond acceptors (Lipinski definition) is 13. The van der Waals surface area contributed by atoms with Crippen LogP contribution in [0.25, 0.3) is 0 Å². The van der Waals surface area contributed by atoms with Gasteiger partial charge in [-0.25, -0.2) is 0 Å². The predicted molar refractivity (Wildman–Crippen MR) is 230 cm³/mol. The first kappa shape index (κ1) is 45.2. The maximum atomic E-state index is 14.1. The first-order valence-corrected chi connectivity index (χ1v) is 25.1. The molecule has 9 atom stereocenters. The monoisotopic (exact) mass is 837 g/mol. The lowest BCUT2D eigenvalue weighted by Gasteiger charge is -2.42. The van der Waals surface area contributed by atoms with Crippen LogP contribution in [0.3, 0.4) is 0 Å². The second-order valence-electron chi connectivity index (χ2n) is 18.9. The molecular formula is C43H76N6O6S2. The van der Waals surface area contributed by atoms with Gasteiger partial charge in [0.25, 0.3) is 0 Å². The highest BCUT2D eigenvalue weighted by molar-refractivity contribution is 8.77. The van der Waals surface area contributed by atoms with Crippen molar-refractivity contribution in [2.75, 3.05) is 31.9 Å². The molecule has 14 heteroatoms. The lowest BCUT2D eigenvalue weighted by Crippen LogP contribution is -2.49. The van der Waals surface area contributed by atoms with Crippen molar-refractivity contribution >= 4 is 39.4 Å². The van der Waals surface area contributed by atoms with Gasteiger partial charge < -0.3 is 46.7 Å². The van der Waals surface area contributed by atoms with E-state index in [0.717, 1.165) is 121 Å². The van der Waals surface area contributed by atoms with E-state index in [1.54, 1.807) is 0 Å². The predicted octanol–water partition coefficient (Wildman–Crippen LogP) is 5.97. The van der Waals surface area contributed by atoms with E-state index in [1.165, 1.54) is 19.8 Å². The molecule has 3 aliphatic heterocycles. The summed E-state index contributed by atoms with van der Waals surface area (Å²) in [5.41, 5.74) is 12.8. The molecule has 2 saturated heterocycles. The highest BCUT2D eigenvalue weighted by atomic mass is 33.1. The fourth-order valence-electron chi connectivity index (χ4n) is 11.1. The van der Waals surface area contributed by atoms with Gasteiger partial charge in [-0.2, -0.15) is 0 Å². The topological polar surface area (TPSA) is 185 Å². The second-order valence-corrected chi connectivity index (χ2v) is 21.7. The number of piperidine rings is 1. The van der Waals surface area contributed by atoms with Gasteiger partial charge in [0, 0.05) is 51.1 Å². The summed E-state index contributed by atoms with van der Waals surface area (Å²) < 4.78 is 12.5. The number of nitrogens with one attached hydrogen (secondary N) is 2. The molecule has 4 bridgehead atoms. The van der Waals surface area contributed by atoms with Crippen molar-refractivity contribution in [1.82, 2.24) is 15.5 Å². The molecule has 57 heavy (non-hydrogen) atoms. The van der Waals surface area contributed by atoms with Crippen LogP contribution in [0.2, 0.25) is 0 Å². The van der Waals surface area contributed by atoms with Crippen molar-refractivity contribution in [2.24, 2.45) is 39.6 Å². The SMILES string of the molecule is CC(=O)O[C@H]1CCC2CC(CN3C[C@@](CC4CCNC(N)C4)(CCN=C(N)NC4(CCCC4)SSCCCCCC[C@H](O)C1)CC3=O)C(O)C(OC1CCCC1)C2. The number of nitrogens with two attached hydrogens (primary N) is 2. The number of guanidine groups is 1. The fourth-order valence-corrected chi connectivity index (χ4v) is 14.3. The largest absolute Gasteiger partial charge is 0.462 e. The van der Waals surface area contributed by atoms with E-state index in [9.17, 15) is 19.8 Å². The van der Waals surface area contributed by atoms with Crippen LogP contribution in [0.1, 0.15) is 155 Å². The Hall–Kier alpha value is -1.29. The van der Waals surface area contributed by atoms with Gasteiger partial charge >= 0.3 is 5.97 Å². The first-order chi connectivity index (χ1) is 27.5. The van der Waals surface area contributed by atoms with Gasteiger partial charge in [-0.05, 0) is 114 Å². The van der Waals surface area contributed by atoms with Crippen LogP contribution >= 0.6 is 21.6 Å². The molecule has 1 spiro atoms. The molecule has 6 aliphatic rings. The average Bonchev–Trinajstić information content (AvgIpc) is 3.91. The molecule has 0 radical (unpaired) electrons. The lowest BCUT2D eigenvalue weighted by molar-refractivity contribution is -0.149. The van der Waals surface area contributed by atoms with Gasteiger partial charge in [0.05, 0.1) is 35.5 Å². The molecule has 12 nitrogen and oxygen atoms in total. The second kappa shape index (κ2) is 22.0. The van der Waals surface area contributed by atoms with Gasteiger partial charge in [0.15, 0.2) is 5.96 Å². The number of hydrogen-bond donors (Lipinski definition) is 6. The van der Waals surface area contributed by atoms with Gasteiger partial charge in [-0.1, -0.05) is 66.5 Å². The van der Waals surface area contributed by atoms with Crippen molar-refractivity contribution < 1.29 is 29.3 Å². The molecule has 8 N–H and O–H groups in total. The van der Waals surface area contributed by atoms with Crippen LogP contribution in [0.15, 0.2) is 4.99 Å². The van der Waals surface area contributed by atoms with Gasteiger partial charge in [-0.15, -0.1) is 0 Å². The number of aliphatic hydroxyl groups is 2. The Bertz CT molecular complexity index is 1300. The van der Waals surface area contributed by atoms with Gasteiger partial charge in [0.2, 0.25) is 5.91 Å². The molecule has 1 amide bonds. The van der Waals surface area contributed by atoms with Crippen molar-refractivity contribution in [3.8, 4) is 0 Å². The van der Waals surface area contributed by atoms with Gasteiger partial charge in [0.1, 0.15) is 6.10 Å². The number of rotatable bonds is 5. The van der Waals surface area contributed by atoms with Crippen LogP contribution in [0, 0.1) is 23.2 Å². The van der Waals surface area contributed by atoms with Gasteiger partial charge in [-0.3, -0.25) is 14.6 Å². The van der Waals surface area contributed by atoms with E-state index in [0.29, 0.717) is 57.2 Å². The van der Waals surface area contributed by atoms with E-state index < -0.39 is 12.2 Å². The molecule has 0 aromatic rings. The number of ether oxygens (including phenoxy) is 2. The quantitative estimate of drug-likeness (QED) is 0.141. The third-order valence-electron chi connectivity index (χ3n) is 14.1. The smallest absolute Gasteiger partial charge is 0.302 e. The highest BCUT2D eigenvalue weighted by Gasteiger charge is 2.47. The third-order valence-corrected chi connectivity index (χ3v) is 17.3.